The fraction of sp³-hybridized carbons (Fsp3) is 0.538. The van der Waals surface area contributed by atoms with Crippen molar-refractivity contribution in [2.75, 3.05) is 18.9 Å². The number of nitrogens with zero attached hydrogens (tertiary/aromatic N) is 3. The molecular weight excluding hydrogens is 478 g/mol. The Bertz CT molecular complexity index is 1160. The van der Waals surface area contributed by atoms with Gasteiger partial charge < -0.3 is 35.6 Å². The minimum atomic E-state index is -5.58. The monoisotopic (exact) mass is 498 g/mol. The van der Waals surface area contributed by atoms with Crippen LogP contribution in [0.2, 0.25) is 0 Å². The lowest BCUT2D eigenvalue weighted by Crippen LogP contribution is -2.37. The molecule has 0 saturated carbocycles. The lowest BCUT2D eigenvalue weighted by Gasteiger charge is -2.22. The van der Waals surface area contributed by atoms with Crippen LogP contribution in [0.4, 0.5) is 5.95 Å². The predicted molar refractivity (Wildman–Crippen MR) is 100 cm³/mol. The average Bonchev–Trinajstić information content (AvgIpc) is 3.13. The van der Waals surface area contributed by atoms with Crippen molar-refractivity contribution in [2.24, 2.45) is 13.0 Å². The summed E-state index contributed by atoms with van der Waals surface area (Å²) in [6.07, 6.45) is -1.98. The number of phosphoric ester groups is 1. The molecule has 0 aromatic carbocycles. The molecule has 32 heavy (non-hydrogen) atoms. The molecule has 0 aliphatic carbocycles. The number of aromatic amines is 1. The second-order valence-corrected chi connectivity index (χ2v) is 9.60. The molecule has 2 aromatic rings. The van der Waals surface area contributed by atoms with Crippen LogP contribution in [0.5, 0.6) is 0 Å². The van der Waals surface area contributed by atoms with Gasteiger partial charge in [0, 0.05) is 12.5 Å². The maximum atomic E-state index is 12.2. The molecule has 7 N–H and O–H groups in total. The van der Waals surface area contributed by atoms with E-state index in [1.165, 1.54) is 22.5 Å². The van der Waals surface area contributed by atoms with Gasteiger partial charge in [-0.25, -0.2) is 13.4 Å². The van der Waals surface area contributed by atoms with E-state index in [1.54, 1.807) is 0 Å². The summed E-state index contributed by atoms with van der Waals surface area (Å²) in [5.74, 6) is -1.11. The molecule has 3 rings (SSSR count). The Morgan fingerprint density at radius 2 is 2.19 bits per heavy atom. The third-order valence-corrected chi connectivity index (χ3v) is 6.76. The van der Waals surface area contributed by atoms with Crippen molar-refractivity contribution in [2.45, 2.75) is 18.4 Å². The van der Waals surface area contributed by atoms with Crippen LogP contribution in [0, 0.1) is 5.92 Å². The van der Waals surface area contributed by atoms with E-state index < -0.39 is 52.2 Å². The van der Waals surface area contributed by atoms with Crippen molar-refractivity contribution < 1.29 is 51.8 Å². The number of anilines is 1. The van der Waals surface area contributed by atoms with Crippen molar-refractivity contribution in [3.8, 4) is 0 Å². The number of aliphatic hydroxyl groups is 1. The number of phosphoric acid groups is 2. The molecular formula is C13H20N6O11P2. The van der Waals surface area contributed by atoms with E-state index in [0.717, 1.165) is 0 Å². The number of aryl methyl sites for hydroxylation is 1. The molecule has 3 heterocycles. The Hall–Kier alpha value is -2.20. The molecule has 17 nitrogen and oxygen atoms in total. The molecule has 2 aromatic heterocycles. The van der Waals surface area contributed by atoms with Gasteiger partial charge in [0.25, 0.3) is 19.0 Å². The Morgan fingerprint density at radius 1 is 1.50 bits per heavy atom. The molecule has 0 radical (unpaired) electrons. The van der Waals surface area contributed by atoms with Crippen LogP contribution in [0.1, 0.15) is 6.23 Å². The Kier molecular flexibility index (Phi) is 6.86. The van der Waals surface area contributed by atoms with Crippen molar-refractivity contribution >= 4 is 39.2 Å². The highest BCUT2D eigenvalue weighted by Crippen LogP contribution is 2.56. The van der Waals surface area contributed by atoms with Crippen molar-refractivity contribution in [3.63, 3.8) is 0 Å². The second kappa shape index (κ2) is 8.97. The van der Waals surface area contributed by atoms with Gasteiger partial charge in [0.15, 0.2) is 0 Å². The van der Waals surface area contributed by atoms with Gasteiger partial charge >= 0.3 is 13.4 Å². The normalized spacial score (nSPS) is 27.2. The number of nitrogens with one attached hydrogen (secondary N) is 2. The van der Waals surface area contributed by atoms with Crippen molar-refractivity contribution in [3.05, 3.63) is 16.7 Å². The van der Waals surface area contributed by atoms with Gasteiger partial charge in [-0.3, -0.25) is 23.7 Å². The zero-order valence-corrected chi connectivity index (χ0v) is 18.1. The number of aromatic nitrogens is 4. The van der Waals surface area contributed by atoms with E-state index in [2.05, 4.69) is 24.1 Å². The molecule has 1 amide bonds. The van der Waals surface area contributed by atoms with E-state index in [0.29, 0.717) is 6.41 Å². The molecule has 0 bridgehead atoms. The molecule has 2 unspecified atom stereocenters. The highest BCUT2D eigenvalue weighted by Gasteiger charge is 2.49. The molecule has 1 saturated heterocycles. The summed E-state index contributed by atoms with van der Waals surface area (Å²) in [7, 11) is -9.29. The molecule has 0 spiro atoms. The number of hydrogen-bond acceptors (Lipinski definition) is 11. The van der Waals surface area contributed by atoms with E-state index >= 15 is 0 Å². The third-order valence-electron chi connectivity index (χ3n) is 4.63. The number of carbonyl (C=O) groups excluding carboxylic acids is 1. The van der Waals surface area contributed by atoms with E-state index in [1.807, 2.05) is 0 Å². The summed E-state index contributed by atoms with van der Waals surface area (Å²) < 4.78 is 39.0. The summed E-state index contributed by atoms with van der Waals surface area (Å²) in [5, 5.41) is 13.2. The number of nitrogens with two attached hydrogens (primary N) is 1. The van der Waals surface area contributed by atoms with Crippen LogP contribution in [0.15, 0.2) is 11.1 Å². The molecule has 1 aliphatic rings. The van der Waals surface area contributed by atoms with Crippen LogP contribution in [0.25, 0.3) is 11.2 Å². The van der Waals surface area contributed by atoms with Gasteiger partial charge in [-0.05, 0) is 0 Å². The average molecular weight is 498 g/mol. The summed E-state index contributed by atoms with van der Waals surface area (Å²) in [5.41, 5.74) is 5.22. The Morgan fingerprint density at radius 3 is 2.81 bits per heavy atom. The largest absolute Gasteiger partial charge is 0.756 e. The third kappa shape index (κ3) is 5.23. The first-order valence-electron chi connectivity index (χ1n) is 8.82. The van der Waals surface area contributed by atoms with Gasteiger partial charge in [0.05, 0.1) is 19.8 Å². The van der Waals surface area contributed by atoms with Crippen molar-refractivity contribution in [1.29, 1.82) is 0 Å². The van der Waals surface area contributed by atoms with Gasteiger partial charge in [-0.15, -0.1) is 0 Å². The van der Waals surface area contributed by atoms with E-state index in [9.17, 15) is 33.6 Å². The topological polar surface area (TPSA) is 255 Å². The van der Waals surface area contributed by atoms with Gasteiger partial charge in [-0.2, -0.15) is 9.55 Å². The van der Waals surface area contributed by atoms with Gasteiger partial charge in [0.1, 0.15) is 6.10 Å². The molecule has 178 valence electrons. The van der Waals surface area contributed by atoms with Crippen LogP contribution < -0.4 is 26.1 Å². The maximum Gasteiger partial charge on any atom is 0.478 e. The SMILES string of the molecule is C[n+]1cn([C@@H]2O[C@H](COP(=O)(O)OP(=O)([O-])O)[C@@H](CNC=O)[C@H]2O)c2nc(N)[nH]c(=O)c21. The number of amides is 1. The number of imidazole rings is 1. The first-order valence-corrected chi connectivity index (χ1v) is 11.8. The first kappa shape index (κ1) is 24.4. The van der Waals surface area contributed by atoms with Crippen LogP contribution in [-0.2, 0) is 34.5 Å². The Labute approximate surface area is 178 Å². The van der Waals surface area contributed by atoms with E-state index in [4.69, 9.17) is 15.4 Å². The summed E-state index contributed by atoms with van der Waals surface area (Å²) in [6, 6.07) is 0. The Balaban J connectivity index is 1.90. The summed E-state index contributed by atoms with van der Waals surface area (Å²) >= 11 is 0. The lowest BCUT2D eigenvalue weighted by atomic mass is 9.98. The summed E-state index contributed by atoms with van der Waals surface area (Å²) in [6.45, 7) is -0.929. The van der Waals surface area contributed by atoms with Crippen LogP contribution in [-0.4, -0.2) is 61.2 Å². The fourth-order valence-corrected chi connectivity index (χ4v) is 4.97. The fourth-order valence-electron chi connectivity index (χ4n) is 3.40. The molecule has 1 aliphatic heterocycles. The number of aliphatic hydroxyl groups excluding tert-OH is 1. The van der Waals surface area contributed by atoms with E-state index in [-0.39, 0.29) is 23.7 Å². The van der Waals surface area contributed by atoms with Crippen LogP contribution in [0.3, 0.4) is 0 Å². The number of rotatable bonds is 9. The molecule has 19 heteroatoms. The smallest absolute Gasteiger partial charge is 0.478 e. The number of fused-ring (bicyclic) bond motifs is 1. The predicted octanol–water partition coefficient (Wildman–Crippen LogP) is -3.65. The second-order valence-electron chi connectivity index (χ2n) is 6.82. The molecule has 6 atom stereocenters. The number of H-pyrrole nitrogens is 1. The van der Waals surface area contributed by atoms with Gasteiger partial charge in [0.2, 0.25) is 24.9 Å². The highest BCUT2D eigenvalue weighted by atomic mass is 31.3. The minimum Gasteiger partial charge on any atom is -0.756 e. The highest BCUT2D eigenvalue weighted by molar-refractivity contribution is 7.60. The minimum absolute atomic E-state index is 0.0604. The number of nitrogen functional groups attached to an aromatic ring is 1. The zero-order chi connectivity index (χ0) is 23.8. The quantitative estimate of drug-likeness (QED) is 0.111. The number of ether oxygens (including phenoxy) is 1. The standard InChI is InChI=1S/C13H20N6O11P2/c1-18-5-19(10-8(18)11(22)17-13(14)16-10)12-9(21)6(2-15-4-20)7(29-12)3-28-32(26,27)30-31(23,24)25/h4-7,9,12,21H,2-3H2,1H3,(H6-,14,15,16,17,20,22,23,24,25,26,27)/t6-,7-,9-,12-/m1/s1. The van der Waals surface area contributed by atoms with Crippen molar-refractivity contribution in [1.82, 2.24) is 19.9 Å². The first-order chi connectivity index (χ1) is 14.8. The van der Waals surface area contributed by atoms with Gasteiger partial charge in [-0.1, -0.05) is 0 Å². The number of hydrogen-bond donors (Lipinski definition) is 6. The zero-order valence-electron chi connectivity index (χ0n) is 16.3. The van der Waals surface area contributed by atoms with Crippen LogP contribution >= 0.6 is 15.6 Å². The lowest BCUT2D eigenvalue weighted by molar-refractivity contribution is -0.646. The molecule has 1 fully saturated rings. The summed E-state index contributed by atoms with van der Waals surface area (Å²) in [4.78, 5) is 58.0. The number of carbonyl (C=O) groups is 1. The maximum absolute atomic E-state index is 12.2.